The van der Waals surface area contributed by atoms with Crippen LogP contribution in [0.2, 0.25) is 0 Å². The zero-order valence-electron chi connectivity index (χ0n) is 44.5. The van der Waals surface area contributed by atoms with E-state index in [0.29, 0.717) is 64.2 Å². The molecule has 0 unspecified atom stereocenters. The Kier molecular flexibility index (Phi) is 26.5. The predicted octanol–water partition coefficient (Wildman–Crippen LogP) is 11.3. The molecule has 0 saturated heterocycles. The number of nitrogens with zero attached hydrogens (tertiary/aromatic N) is 2. The molecule has 0 saturated carbocycles. The second kappa shape index (κ2) is 31.1. The number of rotatable bonds is 4. The molecule has 16 nitrogen and oxygen atoms in total. The summed E-state index contributed by atoms with van der Waals surface area (Å²) >= 11 is 9.78. The van der Waals surface area contributed by atoms with Crippen LogP contribution in [-0.2, 0) is 73.3 Å². The van der Waals surface area contributed by atoms with Gasteiger partial charge in [-0.3, -0.25) is 0 Å². The van der Waals surface area contributed by atoms with Gasteiger partial charge in [0.1, 0.15) is 47.7 Å². The van der Waals surface area contributed by atoms with E-state index in [1.165, 1.54) is 28.7 Å². The number of hydrogen-bond acceptors (Lipinski definition) is 16. The van der Waals surface area contributed by atoms with E-state index in [9.17, 15) is 28.8 Å². The van der Waals surface area contributed by atoms with E-state index < -0.39 is 83.8 Å². The van der Waals surface area contributed by atoms with Crippen molar-refractivity contribution < 1.29 is 57.2 Å². The van der Waals surface area contributed by atoms with E-state index >= 15 is 0 Å². The Morgan fingerprint density at radius 2 is 1.15 bits per heavy atom. The third-order valence-electron chi connectivity index (χ3n) is 10.1. The maximum atomic E-state index is 13.0. The van der Waals surface area contributed by atoms with Crippen LogP contribution in [0.1, 0.15) is 143 Å². The first-order valence-corrected chi connectivity index (χ1v) is 27.8. The SMILES string of the molecule is C/C(Br)=C\[C@@H]1Cc2nc(cs2)CCC[C@@H](NC(=O)OC(C)(C)C)C(=O)O[C@@H](C)C/C(C)=C/C#CC(=O)O1.C/C(Br)=C\[C@@H]1Cc2nc(cs2)CCC[C@@H](NC(=O)OC(C)(C)C)C(=O)O[C@@H](C)C/C(C)=C/C=C\C(=O)O1. The van der Waals surface area contributed by atoms with Crippen LogP contribution in [0.5, 0.6) is 0 Å². The molecule has 4 rings (SSSR count). The maximum Gasteiger partial charge on any atom is 0.408 e. The Balaban J connectivity index is 0.000000390. The van der Waals surface area contributed by atoms with Crippen LogP contribution in [0, 0.1) is 11.8 Å². The van der Waals surface area contributed by atoms with Gasteiger partial charge in [-0.05, 0) is 149 Å². The summed E-state index contributed by atoms with van der Waals surface area (Å²) in [6, 6.07) is -1.70. The van der Waals surface area contributed by atoms with Crippen molar-refractivity contribution in [2.24, 2.45) is 0 Å². The predicted molar refractivity (Wildman–Crippen MR) is 294 cm³/mol. The number of fused-ring (bicyclic) bond motifs is 4. The number of halogens is 2. The molecule has 406 valence electrons. The molecule has 0 radical (unpaired) electrons. The summed E-state index contributed by atoms with van der Waals surface area (Å²) in [4.78, 5) is 84.7. The molecule has 74 heavy (non-hydrogen) atoms. The number of ether oxygens (including phenoxy) is 6. The minimum Gasteiger partial charge on any atom is -0.461 e. The fraction of sp³-hybridized carbons (Fsp3) is 0.556. The summed E-state index contributed by atoms with van der Waals surface area (Å²) in [5, 5.41) is 10.9. The number of alkyl carbamates (subject to hydrolysis) is 2. The second-order valence-electron chi connectivity index (χ2n) is 20.0. The van der Waals surface area contributed by atoms with E-state index in [2.05, 4.69) is 64.3 Å². The van der Waals surface area contributed by atoms with E-state index in [1.54, 1.807) is 73.6 Å². The highest BCUT2D eigenvalue weighted by Crippen LogP contribution is 2.22. The number of carbonyl (C=O) groups excluding carboxylic acids is 6. The van der Waals surface area contributed by atoms with Crippen LogP contribution in [0.4, 0.5) is 9.59 Å². The van der Waals surface area contributed by atoms with Crippen molar-refractivity contribution in [2.75, 3.05) is 0 Å². The molecule has 2 aliphatic rings. The van der Waals surface area contributed by atoms with Gasteiger partial charge in [0.05, 0.1) is 21.4 Å². The molecule has 2 amide bonds. The van der Waals surface area contributed by atoms with Gasteiger partial charge in [0.25, 0.3) is 0 Å². The van der Waals surface area contributed by atoms with E-state index in [-0.39, 0.29) is 0 Å². The molecule has 0 spiro atoms. The zero-order valence-corrected chi connectivity index (χ0v) is 49.3. The molecule has 2 aliphatic heterocycles. The van der Waals surface area contributed by atoms with Gasteiger partial charge in [-0.25, -0.2) is 38.7 Å². The summed E-state index contributed by atoms with van der Waals surface area (Å²) in [5.74, 6) is 3.07. The van der Waals surface area contributed by atoms with Gasteiger partial charge in [-0.1, -0.05) is 61.1 Å². The number of cyclic esters (lactones) is 4. The Labute approximate surface area is 461 Å². The number of esters is 4. The number of nitrogens with one attached hydrogen (secondary N) is 2. The highest BCUT2D eigenvalue weighted by atomic mass is 79.9. The standard InChI is InChI=1S/C27H37BrN2O6S.C27H35BrN2O6S/c2*1-17-9-7-12-24(31)35-21(14-18(2)28)15-23-29-20(16-37-23)10-8-11-22(25(32)34-19(3)13-17)30-26(33)36-27(4,5)6/h7,9,12,14,16,19,21-22H,8,10-11,13,15H2,1-6H3,(H,30,33);9,14,16,19,21-22H,8,10-11,13,15H2,1-6H3,(H,30,33)/b12-7-,17-9+,18-14+;17-9+,18-14+/t2*19-,21+,22+/m00/s1. The fourth-order valence-corrected chi connectivity index (χ4v) is 9.49. The highest BCUT2D eigenvalue weighted by molar-refractivity contribution is 9.12. The molecule has 4 bridgehead atoms. The molecule has 0 fully saturated rings. The summed E-state index contributed by atoms with van der Waals surface area (Å²) < 4.78 is 34.8. The number of hydrogen-bond donors (Lipinski definition) is 2. The lowest BCUT2D eigenvalue weighted by molar-refractivity contribution is -0.151. The Morgan fingerprint density at radius 1 is 0.703 bits per heavy atom. The topological polar surface area (TPSA) is 208 Å². The Bertz CT molecular complexity index is 2460. The van der Waals surface area contributed by atoms with Crippen LogP contribution in [0.25, 0.3) is 0 Å². The van der Waals surface area contributed by atoms with Crippen LogP contribution in [-0.4, -0.2) is 93.7 Å². The minimum atomic E-state index is -0.857. The minimum absolute atomic E-state index is 0.365. The van der Waals surface area contributed by atoms with Gasteiger partial charge in [-0.15, -0.1) is 22.7 Å². The van der Waals surface area contributed by atoms with Gasteiger partial charge >= 0.3 is 36.1 Å². The first-order valence-electron chi connectivity index (χ1n) is 24.5. The maximum absolute atomic E-state index is 13.0. The lowest BCUT2D eigenvalue weighted by Crippen LogP contribution is -2.45. The Hall–Kier alpha value is -5.10. The van der Waals surface area contributed by atoms with Crippen LogP contribution in [0.15, 0.2) is 67.3 Å². The molecule has 2 aromatic heterocycles. The van der Waals surface area contributed by atoms with Gasteiger partial charge in [0.15, 0.2) is 0 Å². The summed E-state index contributed by atoms with van der Waals surface area (Å²) in [7, 11) is 0. The van der Waals surface area contributed by atoms with Gasteiger partial charge in [0, 0.05) is 48.4 Å². The van der Waals surface area contributed by atoms with Crippen LogP contribution in [0.3, 0.4) is 0 Å². The van der Waals surface area contributed by atoms with E-state index in [1.807, 2.05) is 50.6 Å². The molecule has 0 aliphatic carbocycles. The van der Waals surface area contributed by atoms with E-state index in [4.69, 9.17) is 28.4 Å². The monoisotopic (exact) mass is 1190 g/mol. The first-order chi connectivity index (χ1) is 34.6. The molecular weight excluding hydrogens is 1120 g/mol. The molecule has 4 heterocycles. The van der Waals surface area contributed by atoms with Crippen molar-refractivity contribution in [3.05, 3.63) is 88.7 Å². The van der Waals surface area contributed by atoms with Gasteiger partial charge in [-0.2, -0.15) is 0 Å². The fourth-order valence-electron chi connectivity index (χ4n) is 7.16. The van der Waals surface area contributed by atoms with Crippen molar-refractivity contribution in [1.82, 2.24) is 20.6 Å². The van der Waals surface area contributed by atoms with Crippen molar-refractivity contribution >= 4 is 90.6 Å². The average Bonchev–Trinajstić information content (AvgIpc) is 3.89. The number of carbonyl (C=O) groups is 6. The summed E-state index contributed by atoms with van der Waals surface area (Å²) in [6.07, 6.45) is 11.8. The van der Waals surface area contributed by atoms with Crippen LogP contribution < -0.4 is 10.6 Å². The molecule has 2 aromatic rings. The number of allylic oxidation sites excluding steroid dienone is 5. The van der Waals surface area contributed by atoms with E-state index in [0.717, 1.165) is 41.5 Å². The van der Waals surface area contributed by atoms with Crippen molar-refractivity contribution in [2.45, 2.75) is 195 Å². The third-order valence-corrected chi connectivity index (χ3v) is 12.4. The summed E-state index contributed by atoms with van der Waals surface area (Å²) in [6.45, 7) is 21.6. The molecule has 6 atom stereocenters. The van der Waals surface area contributed by atoms with Gasteiger partial charge < -0.3 is 39.1 Å². The molecule has 0 aromatic carbocycles. The molecule has 2 N–H and O–H groups in total. The number of aryl methyl sites for hydroxylation is 2. The zero-order chi connectivity index (χ0) is 55.2. The van der Waals surface area contributed by atoms with Gasteiger partial charge in [0.2, 0.25) is 0 Å². The van der Waals surface area contributed by atoms with Crippen LogP contribution >= 0.6 is 54.5 Å². The second-order valence-corrected chi connectivity index (χ2v) is 24.4. The number of thiazole rings is 2. The Morgan fingerprint density at radius 3 is 1.59 bits per heavy atom. The van der Waals surface area contributed by atoms with Crippen molar-refractivity contribution in [1.29, 1.82) is 0 Å². The number of aromatic nitrogens is 2. The molecular formula is C54H72Br2N4O12S2. The van der Waals surface area contributed by atoms with Crippen molar-refractivity contribution in [3.8, 4) is 11.8 Å². The largest absolute Gasteiger partial charge is 0.461 e. The highest BCUT2D eigenvalue weighted by Gasteiger charge is 2.29. The quantitative estimate of drug-likeness (QED) is 0.126. The lowest BCUT2D eigenvalue weighted by atomic mass is 10.1. The lowest BCUT2D eigenvalue weighted by Gasteiger charge is -2.24. The van der Waals surface area contributed by atoms with Crippen molar-refractivity contribution in [3.63, 3.8) is 0 Å². The number of amides is 2. The normalized spacial score (nSPS) is 24.7. The first kappa shape index (κ1) is 63.2. The smallest absolute Gasteiger partial charge is 0.408 e. The third kappa shape index (κ3) is 27.4. The average molecular weight is 1190 g/mol. The summed E-state index contributed by atoms with van der Waals surface area (Å²) in [5.41, 5.74) is 2.11. The molecule has 20 heteroatoms.